The summed E-state index contributed by atoms with van der Waals surface area (Å²) in [6, 6.07) is 6.33. The first-order valence-electron chi connectivity index (χ1n) is 6.47. The Labute approximate surface area is 116 Å². The molecule has 0 fully saturated rings. The zero-order valence-electron chi connectivity index (χ0n) is 10.7. The number of nitrogens with zero attached hydrogens (tertiary/aromatic N) is 2. The van der Waals surface area contributed by atoms with Crippen LogP contribution in [0.3, 0.4) is 0 Å². The summed E-state index contributed by atoms with van der Waals surface area (Å²) >= 11 is 1.62. The molecule has 4 heteroatoms. The number of hydrogen-bond donors (Lipinski definition) is 0. The van der Waals surface area contributed by atoms with Crippen LogP contribution >= 0.6 is 11.3 Å². The van der Waals surface area contributed by atoms with Gasteiger partial charge in [-0.3, -0.25) is 9.79 Å². The van der Waals surface area contributed by atoms with Gasteiger partial charge in [-0.15, -0.1) is 11.3 Å². The maximum atomic E-state index is 12.3. The van der Waals surface area contributed by atoms with Gasteiger partial charge < -0.3 is 0 Å². The number of aliphatic imine (C=N–C) groups is 1. The van der Waals surface area contributed by atoms with Crippen molar-refractivity contribution in [3.8, 4) is 6.07 Å². The molecule has 2 atom stereocenters. The fraction of sp³-hybridized carbons (Fsp3) is 0.400. The van der Waals surface area contributed by atoms with Gasteiger partial charge in [0.1, 0.15) is 0 Å². The number of hydrogen-bond acceptors (Lipinski definition) is 4. The topological polar surface area (TPSA) is 53.2 Å². The van der Waals surface area contributed by atoms with E-state index < -0.39 is 0 Å². The Bertz CT molecular complexity index is 619. The lowest BCUT2D eigenvalue weighted by molar-refractivity contribution is -0.116. The van der Waals surface area contributed by atoms with E-state index in [0.717, 1.165) is 34.7 Å². The van der Waals surface area contributed by atoms with Crippen LogP contribution in [0.25, 0.3) is 0 Å². The van der Waals surface area contributed by atoms with Gasteiger partial charge in [-0.05, 0) is 31.2 Å². The Kier molecular flexibility index (Phi) is 3.08. The SMILES string of the molecule is CC1=NC2=C(C(=O)CCC2)[C@H](c2cccs2)C1C#N. The molecule has 3 rings (SSSR count). The second-order valence-corrected chi connectivity index (χ2v) is 5.97. The summed E-state index contributed by atoms with van der Waals surface area (Å²) < 4.78 is 0. The van der Waals surface area contributed by atoms with Crippen molar-refractivity contribution >= 4 is 22.8 Å². The normalized spacial score (nSPS) is 26.7. The zero-order valence-corrected chi connectivity index (χ0v) is 11.5. The van der Waals surface area contributed by atoms with Gasteiger partial charge >= 0.3 is 0 Å². The Balaban J connectivity index is 2.17. The van der Waals surface area contributed by atoms with Crippen molar-refractivity contribution in [1.29, 1.82) is 5.26 Å². The maximum absolute atomic E-state index is 12.3. The molecule has 0 saturated carbocycles. The molecule has 2 heterocycles. The summed E-state index contributed by atoms with van der Waals surface area (Å²) in [7, 11) is 0. The summed E-state index contributed by atoms with van der Waals surface area (Å²) in [6.07, 6.45) is 2.33. The Morgan fingerprint density at radius 1 is 1.47 bits per heavy atom. The van der Waals surface area contributed by atoms with Crippen molar-refractivity contribution < 1.29 is 4.79 Å². The van der Waals surface area contributed by atoms with Gasteiger partial charge in [-0.1, -0.05) is 6.07 Å². The van der Waals surface area contributed by atoms with Gasteiger partial charge in [0.05, 0.1) is 12.0 Å². The molecule has 2 aliphatic rings. The molecule has 96 valence electrons. The number of carbonyl (C=O) groups is 1. The molecule has 19 heavy (non-hydrogen) atoms. The highest BCUT2D eigenvalue weighted by Crippen LogP contribution is 2.44. The number of carbonyl (C=O) groups excluding carboxylic acids is 1. The largest absolute Gasteiger partial charge is 0.294 e. The van der Waals surface area contributed by atoms with Crippen LogP contribution in [0.4, 0.5) is 0 Å². The summed E-state index contributed by atoms with van der Waals surface area (Å²) in [4.78, 5) is 17.9. The Morgan fingerprint density at radius 3 is 3.00 bits per heavy atom. The predicted octanol–water partition coefficient (Wildman–Crippen LogP) is 3.45. The minimum Gasteiger partial charge on any atom is -0.294 e. The van der Waals surface area contributed by atoms with Crippen LogP contribution in [0, 0.1) is 17.2 Å². The molecule has 1 aliphatic heterocycles. The molecular weight excluding hydrogens is 256 g/mol. The van der Waals surface area contributed by atoms with E-state index in [0.29, 0.717) is 6.42 Å². The standard InChI is InChI=1S/C15H14N2OS/c1-9-10(8-16)14(13-6-3-7-19-13)15-11(17-9)4-2-5-12(15)18/h3,6-7,10,14H,2,4-5H2,1H3/t10?,14-/m0/s1. The summed E-state index contributed by atoms with van der Waals surface area (Å²) in [6.45, 7) is 1.90. The third-order valence-corrected chi connectivity index (χ3v) is 4.78. The number of thiophene rings is 1. The van der Waals surface area contributed by atoms with Crippen LogP contribution in [-0.4, -0.2) is 11.5 Å². The van der Waals surface area contributed by atoms with Crippen LogP contribution in [0.2, 0.25) is 0 Å². The molecule has 0 spiro atoms. The van der Waals surface area contributed by atoms with Crippen molar-refractivity contribution in [2.24, 2.45) is 10.9 Å². The van der Waals surface area contributed by atoms with Crippen LogP contribution in [0.1, 0.15) is 37.0 Å². The maximum Gasteiger partial charge on any atom is 0.161 e. The fourth-order valence-electron chi connectivity index (χ4n) is 2.95. The summed E-state index contributed by atoms with van der Waals surface area (Å²) in [5, 5.41) is 11.4. The molecule has 0 radical (unpaired) electrons. The highest BCUT2D eigenvalue weighted by atomic mass is 32.1. The second-order valence-electron chi connectivity index (χ2n) is 4.99. The highest BCUT2D eigenvalue weighted by molar-refractivity contribution is 7.10. The average Bonchev–Trinajstić information content (AvgIpc) is 2.91. The lowest BCUT2D eigenvalue weighted by Crippen LogP contribution is -2.30. The first kappa shape index (κ1) is 12.3. The molecule has 0 bridgehead atoms. The number of Topliss-reactive ketones (excluding diaryl/α,β-unsaturated/α-hetero) is 1. The van der Waals surface area contributed by atoms with E-state index >= 15 is 0 Å². The molecule has 3 nitrogen and oxygen atoms in total. The zero-order chi connectivity index (χ0) is 13.4. The minimum atomic E-state index is -0.306. The van der Waals surface area contributed by atoms with Crippen molar-refractivity contribution in [2.75, 3.05) is 0 Å². The predicted molar refractivity (Wildman–Crippen MR) is 75.2 cm³/mol. The van der Waals surface area contributed by atoms with Gasteiger partial charge in [0.25, 0.3) is 0 Å². The smallest absolute Gasteiger partial charge is 0.161 e. The number of nitriles is 1. The van der Waals surface area contributed by atoms with Gasteiger partial charge in [0, 0.05) is 34.2 Å². The highest BCUT2D eigenvalue weighted by Gasteiger charge is 2.39. The van der Waals surface area contributed by atoms with E-state index in [1.165, 1.54) is 0 Å². The number of ketones is 1. The Morgan fingerprint density at radius 2 is 2.32 bits per heavy atom. The van der Waals surface area contributed by atoms with E-state index in [4.69, 9.17) is 0 Å². The molecule has 0 saturated heterocycles. The summed E-state index contributed by atoms with van der Waals surface area (Å²) in [5.41, 5.74) is 2.55. The van der Waals surface area contributed by atoms with E-state index in [-0.39, 0.29) is 17.6 Å². The number of allylic oxidation sites excluding steroid dienone is 2. The van der Waals surface area contributed by atoms with E-state index in [2.05, 4.69) is 11.1 Å². The first-order chi connectivity index (χ1) is 9.22. The second kappa shape index (κ2) is 4.75. The lowest BCUT2D eigenvalue weighted by Gasteiger charge is -2.31. The van der Waals surface area contributed by atoms with Crippen molar-refractivity contribution in [1.82, 2.24) is 0 Å². The van der Waals surface area contributed by atoms with Crippen molar-refractivity contribution in [2.45, 2.75) is 32.1 Å². The lowest BCUT2D eigenvalue weighted by atomic mass is 9.75. The van der Waals surface area contributed by atoms with Gasteiger partial charge in [-0.25, -0.2) is 0 Å². The summed E-state index contributed by atoms with van der Waals surface area (Å²) in [5.74, 6) is -0.235. The van der Waals surface area contributed by atoms with E-state index in [1.807, 2.05) is 24.4 Å². The van der Waals surface area contributed by atoms with Crippen LogP contribution < -0.4 is 0 Å². The van der Waals surface area contributed by atoms with Crippen LogP contribution in [0.5, 0.6) is 0 Å². The van der Waals surface area contributed by atoms with Gasteiger partial charge in [0.2, 0.25) is 0 Å². The quantitative estimate of drug-likeness (QED) is 0.784. The fourth-order valence-corrected chi connectivity index (χ4v) is 3.82. The van der Waals surface area contributed by atoms with Crippen molar-refractivity contribution in [3.05, 3.63) is 33.7 Å². The van der Waals surface area contributed by atoms with Crippen LogP contribution in [-0.2, 0) is 4.79 Å². The Hall–Kier alpha value is -1.73. The van der Waals surface area contributed by atoms with Gasteiger partial charge in [-0.2, -0.15) is 5.26 Å². The number of rotatable bonds is 1. The molecule has 1 aromatic heterocycles. The molecule has 1 aliphatic carbocycles. The van der Waals surface area contributed by atoms with E-state index in [9.17, 15) is 10.1 Å². The molecule has 0 amide bonds. The van der Waals surface area contributed by atoms with Crippen molar-refractivity contribution in [3.63, 3.8) is 0 Å². The molecule has 0 aromatic carbocycles. The van der Waals surface area contributed by atoms with E-state index in [1.54, 1.807) is 11.3 Å². The average molecular weight is 270 g/mol. The minimum absolute atomic E-state index is 0.106. The molecular formula is C15H14N2OS. The molecule has 1 aromatic rings. The van der Waals surface area contributed by atoms with Crippen LogP contribution in [0.15, 0.2) is 33.8 Å². The molecule has 0 N–H and O–H groups in total. The third kappa shape index (κ3) is 1.95. The molecule has 1 unspecified atom stereocenters. The first-order valence-corrected chi connectivity index (χ1v) is 7.34. The monoisotopic (exact) mass is 270 g/mol. The third-order valence-electron chi connectivity index (χ3n) is 3.82. The van der Waals surface area contributed by atoms with Gasteiger partial charge in [0.15, 0.2) is 5.78 Å².